The second-order valence-electron chi connectivity index (χ2n) is 4.22. The molecular weight excluding hydrogens is 204 g/mol. The Morgan fingerprint density at radius 1 is 1.25 bits per heavy atom. The zero-order valence-corrected chi connectivity index (χ0v) is 9.86. The minimum atomic E-state index is 0.385. The van der Waals surface area contributed by atoms with Crippen molar-refractivity contribution in [2.24, 2.45) is 0 Å². The second-order valence-corrected chi connectivity index (χ2v) is 4.22. The van der Waals surface area contributed by atoms with Gasteiger partial charge in [0.05, 0.1) is 11.4 Å². The lowest BCUT2D eigenvalue weighted by Crippen LogP contribution is -2.38. The van der Waals surface area contributed by atoms with Gasteiger partial charge in [0.25, 0.3) is 0 Å². The Bertz CT molecular complexity index is 350. The maximum absolute atomic E-state index is 5.53. The highest BCUT2D eigenvalue weighted by atomic mass is 16.5. The molecule has 1 fully saturated rings. The molecule has 1 atom stereocenters. The molecule has 2 rings (SSSR count). The van der Waals surface area contributed by atoms with Crippen LogP contribution in [0.1, 0.15) is 30.7 Å². The fourth-order valence-electron chi connectivity index (χ4n) is 1.74. The molecule has 1 unspecified atom stereocenters. The molecule has 1 saturated heterocycles. The molecule has 2 heterocycles. The van der Waals surface area contributed by atoms with Crippen molar-refractivity contribution in [1.82, 2.24) is 20.5 Å². The third-order valence-electron chi connectivity index (χ3n) is 2.90. The van der Waals surface area contributed by atoms with Crippen LogP contribution in [0.2, 0.25) is 0 Å². The van der Waals surface area contributed by atoms with E-state index in [2.05, 4.69) is 20.5 Å². The summed E-state index contributed by atoms with van der Waals surface area (Å²) in [6.45, 7) is 5.52. The van der Waals surface area contributed by atoms with Crippen LogP contribution in [0.4, 0.5) is 0 Å². The number of ether oxygens (including phenoxy) is 1. The molecule has 88 valence electrons. The molecule has 5 nitrogen and oxygen atoms in total. The molecule has 1 N–H and O–H groups in total. The number of nitrogens with zero attached hydrogens (tertiary/aromatic N) is 3. The molecule has 0 bridgehead atoms. The van der Waals surface area contributed by atoms with Crippen molar-refractivity contribution in [3.8, 4) is 6.01 Å². The van der Waals surface area contributed by atoms with Gasteiger partial charge in [-0.2, -0.15) is 4.98 Å². The molecule has 0 amide bonds. The van der Waals surface area contributed by atoms with E-state index in [9.17, 15) is 0 Å². The Labute approximate surface area is 95.6 Å². The van der Waals surface area contributed by atoms with Crippen LogP contribution in [-0.2, 0) is 0 Å². The minimum Gasteiger partial charge on any atom is -0.461 e. The van der Waals surface area contributed by atoms with Gasteiger partial charge in [-0.25, -0.2) is 0 Å². The lowest BCUT2D eigenvalue weighted by atomic mass is 10.1. The average molecular weight is 222 g/mol. The van der Waals surface area contributed by atoms with Gasteiger partial charge in [0.1, 0.15) is 6.61 Å². The molecule has 16 heavy (non-hydrogen) atoms. The molecule has 0 aliphatic carbocycles. The van der Waals surface area contributed by atoms with Crippen LogP contribution in [0, 0.1) is 13.8 Å². The monoisotopic (exact) mass is 222 g/mol. The summed E-state index contributed by atoms with van der Waals surface area (Å²) in [6, 6.07) is 0.814. The highest BCUT2D eigenvalue weighted by molar-refractivity contribution is 5.07. The molecule has 1 aromatic rings. The largest absolute Gasteiger partial charge is 0.461 e. The maximum atomic E-state index is 5.53. The van der Waals surface area contributed by atoms with Crippen LogP contribution in [0.5, 0.6) is 6.01 Å². The van der Waals surface area contributed by atoms with Crippen LogP contribution >= 0.6 is 0 Å². The number of aryl methyl sites for hydroxylation is 2. The van der Waals surface area contributed by atoms with Crippen LogP contribution in [0.25, 0.3) is 0 Å². The van der Waals surface area contributed by atoms with Gasteiger partial charge in [0.2, 0.25) is 0 Å². The molecule has 5 heteroatoms. The van der Waals surface area contributed by atoms with Crippen molar-refractivity contribution in [3.05, 3.63) is 11.4 Å². The molecule has 0 saturated carbocycles. The summed E-state index contributed by atoms with van der Waals surface area (Å²) in [4.78, 5) is 4.23. The predicted octanol–water partition coefficient (Wildman–Crippen LogP) is 1.01. The topological polar surface area (TPSA) is 59.9 Å². The molecular formula is C11H18N4O. The van der Waals surface area contributed by atoms with E-state index in [1.54, 1.807) is 0 Å². The van der Waals surface area contributed by atoms with Gasteiger partial charge in [-0.1, -0.05) is 11.5 Å². The lowest BCUT2D eigenvalue weighted by Gasteiger charge is -2.22. The van der Waals surface area contributed by atoms with Crippen molar-refractivity contribution < 1.29 is 4.74 Å². The second kappa shape index (κ2) is 5.21. The zero-order chi connectivity index (χ0) is 11.4. The van der Waals surface area contributed by atoms with E-state index in [1.807, 2.05) is 13.8 Å². The molecule has 1 aliphatic heterocycles. The SMILES string of the molecule is Cc1nnc(OCC2CCCCN2)nc1C. The molecule has 0 radical (unpaired) electrons. The van der Waals surface area contributed by atoms with Crippen LogP contribution < -0.4 is 10.1 Å². The summed E-state index contributed by atoms with van der Waals surface area (Å²) >= 11 is 0. The Morgan fingerprint density at radius 2 is 2.12 bits per heavy atom. The van der Waals surface area contributed by atoms with Gasteiger partial charge in [0.15, 0.2) is 0 Å². The van der Waals surface area contributed by atoms with E-state index in [-0.39, 0.29) is 0 Å². The number of piperidine rings is 1. The van der Waals surface area contributed by atoms with Gasteiger partial charge in [-0.15, -0.1) is 5.10 Å². The van der Waals surface area contributed by atoms with Gasteiger partial charge < -0.3 is 10.1 Å². The lowest BCUT2D eigenvalue weighted by molar-refractivity contribution is 0.221. The first-order chi connectivity index (χ1) is 7.75. The summed E-state index contributed by atoms with van der Waals surface area (Å²) in [5, 5.41) is 11.3. The van der Waals surface area contributed by atoms with Crippen molar-refractivity contribution in [2.75, 3.05) is 13.2 Å². The average Bonchev–Trinajstić information content (AvgIpc) is 2.32. The van der Waals surface area contributed by atoms with Crippen molar-refractivity contribution in [1.29, 1.82) is 0 Å². The highest BCUT2D eigenvalue weighted by Gasteiger charge is 2.13. The Hall–Kier alpha value is -1.23. The van der Waals surface area contributed by atoms with Crippen molar-refractivity contribution >= 4 is 0 Å². The van der Waals surface area contributed by atoms with Gasteiger partial charge in [-0.05, 0) is 33.2 Å². The van der Waals surface area contributed by atoms with E-state index in [0.29, 0.717) is 18.7 Å². The van der Waals surface area contributed by atoms with Crippen LogP contribution in [0.15, 0.2) is 0 Å². The number of hydrogen-bond acceptors (Lipinski definition) is 5. The summed E-state index contributed by atoms with van der Waals surface area (Å²) in [6.07, 6.45) is 3.70. The molecule has 1 aromatic heterocycles. The standard InChI is InChI=1S/C11H18N4O/c1-8-9(2)14-15-11(13-8)16-7-10-5-3-4-6-12-10/h10,12H,3-7H2,1-2H3. The minimum absolute atomic E-state index is 0.385. The van der Waals surface area contributed by atoms with Crippen LogP contribution in [0.3, 0.4) is 0 Å². The smallest absolute Gasteiger partial charge is 0.335 e. The van der Waals surface area contributed by atoms with Gasteiger partial charge in [-0.3, -0.25) is 0 Å². The molecule has 1 aliphatic rings. The first kappa shape index (κ1) is 11.3. The fraction of sp³-hybridized carbons (Fsp3) is 0.727. The summed E-state index contributed by atoms with van der Waals surface area (Å²) < 4.78 is 5.53. The summed E-state index contributed by atoms with van der Waals surface area (Å²) in [5.41, 5.74) is 1.73. The molecule has 0 spiro atoms. The first-order valence-corrected chi connectivity index (χ1v) is 5.80. The first-order valence-electron chi connectivity index (χ1n) is 5.80. The summed E-state index contributed by atoms with van der Waals surface area (Å²) in [7, 11) is 0. The Balaban J connectivity index is 1.86. The normalized spacial score (nSPS) is 20.8. The summed E-state index contributed by atoms with van der Waals surface area (Å²) in [5.74, 6) is 0. The van der Waals surface area contributed by atoms with E-state index in [4.69, 9.17) is 4.74 Å². The number of rotatable bonds is 3. The highest BCUT2D eigenvalue weighted by Crippen LogP contribution is 2.09. The van der Waals surface area contributed by atoms with Gasteiger partial charge in [0, 0.05) is 6.04 Å². The third kappa shape index (κ3) is 2.88. The van der Waals surface area contributed by atoms with Crippen molar-refractivity contribution in [3.63, 3.8) is 0 Å². The maximum Gasteiger partial charge on any atom is 0.335 e. The van der Waals surface area contributed by atoms with Crippen molar-refractivity contribution in [2.45, 2.75) is 39.2 Å². The third-order valence-corrected chi connectivity index (χ3v) is 2.90. The Kier molecular flexibility index (Phi) is 3.66. The number of aromatic nitrogens is 3. The molecule has 0 aromatic carbocycles. The fourth-order valence-corrected chi connectivity index (χ4v) is 1.74. The van der Waals surface area contributed by atoms with E-state index in [1.165, 1.54) is 12.8 Å². The van der Waals surface area contributed by atoms with Gasteiger partial charge >= 0.3 is 6.01 Å². The van der Waals surface area contributed by atoms with E-state index < -0.39 is 0 Å². The van der Waals surface area contributed by atoms with E-state index >= 15 is 0 Å². The number of nitrogens with one attached hydrogen (secondary N) is 1. The quantitative estimate of drug-likeness (QED) is 0.827. The van der Waals surface area contributed by atoms with Crippen LogP contribution in [-0.4, -0.2) is 34.4 Å². The zero-order valence-electron chi connectivity index (χ0n) is 9.86. The van der Waals surface area contributed by atoms with E-state index in [0.717, 1.165) is 24.4 Å². The Morgan fingerprint density at radius 3 is 2.81 bits per heavy atom. The number of hydrogen-bond donors (Lipinski definition) is 1. The predicted molar refractivity (Wildman–Crippen MR) is 60.4 cm³/mol.